The van der Waals surface area contributed by atoms with E-state index >= 15 is 0 Å². The van der Waals surface area contributed by atoms with Crippen molar-refractivity contribution in [2.75, 3.05) is 18.4 Å². The Hall–Kier alpha value is -1.55. The Balaban J connectivity index is 1.86. The van der Waals surface area contributed by atoms with Crippen LogP contribution in [-0.4, -0.2) is 25.2 Å². The maximum absolute atomic E-state index is 11.6. The standard InChI is InChI=1S/C12H17N3O/c1-9-3-2-4-10(7-9)14-12(16)15-11-5-6-13-8-11/h2-4,7,11,13H,5-6,8H2,1H3,(H2,14,15,16)/t11-/m1/s1. The molecule has 2 rings (SSSR count). The van der Waals surface area contributed by atoms with Gasteiger partial charge in [0.2, 0.25) is 0 Å². The number of hydrogen-bond donors (Lipinski definition) is 3. The Labute approximate surface area is 95.4 Å². The Morgan fingerprint density at radius 2 is 2.38 bits per heavy atom. The van der Waals surface area contributed by atoms with Gasteiger partial charge in [-0.3, -0.25) is 0 Å². The zero-order chi connectivity index (χ0) is 11.4. The fourth-order valence-electron chi connectivity index (χ4n) is 1.85. The zero-order valence-corrected chi connectivity index (χ0v) is 9.42. The van der Waals surface area contributed by atoms with E-state index in [2.05, 4.69) is 16.0 Å². The number of nitrogens with one attached hydrogen (secondary N) is 3. The number of carbonyl (C=O) groups excluding carboxylic acids is 1. The number of aryl methyl sites for hydroxylation is 1. The van der Waals surface area contributed by atoms with Crippen molar-refractivity contribution in [3.8, 4) is 0 Å². The summed E-state index contributed by atoms with van der Waals surface area (Å²) in [4.78, 5) is 11.6. The average molecular weight is 219 g/mol. The van der Waals surface area contributed by atoms with Gasteiger partial charge in [0.05, 0.1) is 0 Å². The molecule has 4 heteroatoms. The summed E-state index contributed by atoms with van der Waals surface area (Å²) in [6.45, 7) is 3.85. The number of hydrogen-bond acceptors (Lipinski definition) is 2. The molecule has 16 heavy (non-hydrogen) atoms. The SMILES string of the molecule is Cc1cccc(NC(=O)N[C@@H]2CCNC2)c1. The number of anilines is 1. The minimum atomic E-state index is -0.126. The maximum atomic E-state index is 11.6. The molecule has 0 aliphatic carbocycles. The van der Waals surface area contributed by atoms with Crippen molar-refractivity contribution >= 4 is 11.7 Å². The van der Waals surface area contributed by atoms with E-state index in [0.717, 1.165) is 30.8 Å². The summed E-state index contributed by atoms with van der Waals surface area (Å²) < 4.78 is 0. The molecule has 1 aliphatic heterocycles. The second-order valence-corrected chi connectivity index (χ2v) is 4.16. The number of urea groups is 1. The van der Waals surface area contributed by atoms with Crippen molar-refractivity contribution in [3.05, 3.63) is 29.8 Å². The molecule has 1 aromatic carbocycles. The smallest absolute Gasteiger partial charge is 0.319 e. The zero-order valence-electron chi connectivity index (χ0n) is 9.42. The first-order valence-electron chi connectivity index (χ1n) is 5.59. The first-order chi connectivity index (χ1) is 7.74. The van der Waals surface area contributed by atoms with Crippen molar-refractivity contribution < 1.29 is 4.79 Å². The molecule has 0 aromatic heterocycles. The number of benzene rings is 1. The summed E-state index contributed by atoms with van der Waals surface area (Å²) >= 11 is 0. The molecule has 1 fully saturated rings. The topological polar surface area (TPSA) is 53.2 Å². The molecule has 1 heterocycles. The van der Waals surface area contributed by atoms with Crippen LogP contribution in [0.5, 0.6) is 0 Å². The quantitative estimate of drug-likeness (QED) is 0.705. The molecule has 0 unspecified atom stereocenters. The largest absolute Gasteiger partial charge is 0.334 e. The highest BCUT2D eigenvalue weighted by molar-refractivity contribution is 5.89. The molecule has 1 atom stereocenters. The van der Waals surface area contributed by atoms with Crippen LogP contribution < -0.4 is 16.0 Å². The fraction of sp³-hybridized carbons (Fsp3) is 0.417. The third-order valence-electron chi connectivity index (χ3n) is 2.67. The Morgan fingerprint density at radius 1 is 1.50 bits per heavy atom. The molecule has 3 N–H and O–H groups in total. The fourth-order valence-corrected chi connectivity index (χ4v) is 1.85. The van der Waals surface area contributed by atoms with Crippen LogP contribution in [-0.2, 0) is 0 Å². The van der Waals surface area contributed by atoms with Gasteiger partial charge in [-0.05, 0) is 37.6 Å². The van der Waals surface area contributed by atoms with Gasteiger partial charge in [0.1, 0.15) is 0 Å². The molecule has 1 saturated heterocycles. The van der Waals surface area contributed by atoms with Gasteiger partial charge in [0, 0.05) is 18.3 Å². The molecule has 0 saturated carbocycles. The minimum Gasteiger partial charge on any atom is -0.334 e. The van der Waals surface area contributed by atoms with Crippen molar-refractivity contribution in [2.45, 2.75) is 19.4 Å². The first kappa shape index (κ1) is 11.0. The van der Waals surface area contributed by atoms with Crippen molar-refractivity contribution in [1.82, 2.24) is 10.6 Å². The van der Waals surface area contributed by atoms with Crippen LogP contribution in [0.3, 0.4) is 0 Å². The third-order valence-corrected chi connectivity index (χ3v) is 2.67. The van der Waals surface area contributed by atoms with Gasteiger partial charge in [0.25, 0.3) is 0 Å². The van der Waals surface area contributed by atoms with E-state index in [1.807, 2.05) is 31.2 Å². The van der Waals surface area contributed by atoms with Crippen LogP contribution in [0.15, 0.2) is 24.3 Å². The van der Waals surface area contributed by atoms with E-state index in [-0.39, 0.29) is 12.1 Å². The van der Waals surface area contributed by atoms with E-state index in [0.29, 0.717) is 0 Å². The predicted octanol–water partition coefficient (Wildman–Crippen LogP) is 1.48. The van der Waals surface area contributed by atoms with Crippen LogP contribution in [0.4, 0.5) is 10.5 Å². The van der Waals surface area contributed by atoms with Crippen LogP contribution in [0.25, 0.3) is 0 Å². The highest BCUT2D eigenvalue weighted by Crippen LogP contribution is 2.09. The Morgan fingerprint density at radius 3 is 3.06 bits per heavy atom. The van der Waals surface area contributed by atoms with Crippen LogP contribution in [0, 0.1) is 6.92 Å². The summed E-state index contributed by atoms with van der Waals surface area (Å²) in [5.41, 5.74) is 1.98. The second kappa shape index (κ2) is 4.99. The summed E-state index contributed by atoms with van der Waals surface area (Å²) in [7, 11) is 0. The summed E-state index contributed by atoms with van der Waals surface area (Å²) in [5.74, 6) is 0. The minimum absolute atomic E-state index is 0.126. The van der Waals surface area contributed by atoms with Gasteiger partial charge in [-0.2, -0.15) is 0 Å². The Bertz CT molecular complexity index is 372. The lowest BCUT2D eigenvalue weighted by Crippen LogP contribution is -2.39. The monoisotopic (exact) mass is 219 g/mol. The molecule has 0 radical (unpaired) electrons. The molecular formula is C12H17N3O. The first-order valence-corrected chi connectivity index (χ1v) is 5.59. The molecule has 2 amide bonds. The number of rotatable bonds is 2. The number of carbonyl (C=O) groups is 1. The van der Waals surface area contributed by atoms with Gasteiger partial charge in [-0.25, -0.2) is 4.79 Å². The summed E-state index contributed by atoms with van der Waals surface area (Å²) in [6, 6.07) is 7.90. The Kier molecular flexibility index (Phi) is 3.41. The van der Waals surface area contributed by atoms with Gasteiger partial charge >= 0.3 is 6.03 Å². The van der Waals surface area contributed by atoms with Crippen molar-refractivity contribution in [2.24, 2.45) is 0 Å². The molecule has 1 aromatic rings. The van der Waals surface area contributed by atoms with E-state index in [9.17, 15) is 4.79 Å². The van der Waals surface area contributed by atoms with Gasteiger partial charge in [0.15, 0.2) is 0 Å². The molecule has 0 bridgehead atoms. The lowest BCUT2D eigenvalue weighted by molar-refractivity contribution is 0.249. The molecule has 86 valence electrons. The van der Waals surface area contributed by atoms with E-state index in [4.69, 9.17) is 0 Å². The van der Waals surface area contributed by atoms with Crippen molar-refractivity contribution in [1.29, 1.82) is 0 Å². The van der Waals surface area contributed by atoms with Crippen LogP contribution >= 0.6 is 0 Å². The van der Waals surface area contributed by atoms with E-state index in [1.165, 1.54) is 0 Å². The predicted molar refractivity (Wildman–Crippen MR) is 64.6 cm³/mol. The third kappa shape index (κ3) is 2.97. The molecular weight excluding hydrogens is 202 g/mol. The lowest BCUT2D eigenvalue weighted by Gasteiger charge is -2.12. The van der Waals surface area contributed by atoms with Gasteiger partial charge in [-0.1, -0.05) is 12.1 Å². The van der Waals surface area contributed by atoms with Gasteiger partial charge < -0.3 is 16.0 Å². The lowest BCUT2D eigenvalue weighted by atomic mass is 10.2. The van der Waals surface area contributed by atoms with Gasteiger partial charge in [-0.15, -0.1) is 0 Å². The van der Waals surface area contributed by atoms with E-state index < -0.39 is 0 Å². The van der Waals surface area contributed by atoms with E-state index in [1.54, 1.807) is 0 Å². The highest BCUT2D eigenvalue weighted by Gasteiger charge is 2.16. The highest BCUT2D eigenvalue weighted by atomic mass is 16.2. The van der Waals surface area contributed by atoms with Crippen LogP contribution in [0.1, 0.15) is 12.0 Å². The normalized spacial score (nSPS) is 19.4. The summed E-state index contributed by atoms with van der Waals surface area (Å²) in [6.07, 6.45) is 1.00. The molecule has 1 aliphatic rings. The second-order valence-electron chi connectivity index (χ2n) is 4.16. The maximum Gasteiger partial charge on any atom is 0.319 e. The molecule has 0 spiro atoms. The number of amides is 2. The average Bonchev–Trinajstić information content (AvgIpc) is 2.70. The van der Waals surface area contributed by atoms with Crippen molar-refractivity contribution in [3.63, 3.8) is 0 Å². The summed E-state index contributed by atoms with van der Waals surface area (Å²) in [5, 5.41) is 8.97. The van der Waals surface area contributed by atoms with Crippen LogP contribution in [0.2, 0.25) is 0 Å². The molecule has 4 nitrogen and oxygen atoms in total.